The molecule has 1 amide bonds. The fourth-order valence-electron chi connectivity index (χ4n) is 3.46. The lowest BCUT2D eigenvalue weighted by Crippen LogP contribution is -2.45. The van der Waals surface area contributed by atoms with E-state index in [1.807, 2.05) is 32.2 Å². The molecule has 3 heterocycles. The molecule has 0 aliphatic carbocycles. The van der Waals surface area contributed by atoms with Crippen LogP contribution >= 0.6 is 0 Å². The quantitative estimate of drug-likeness (QED) is 0.839. The SMILES string of the molecule is Cc1noc(C)c1CCC(=O)NCc1ccc(N2CC(C)OC(C)C2)nc1. The number of anilines is 1. The molecule has 2 atom stereocenters. The Kier molecular flexibility index (Phi) is 6.11. The Morgan fingerprint density at radius 2 is 2.00 bits per heavy atom. The molecule has 27 heavy (non-hydrogen) atoms. The van der Waals surface area contributed by atoms with Crippen LogP contribution in [-0.4, -0.2) is 41.3 Å². The number of hydrogen-bond donors (Lipinski definition) is 1. The predicted octanol–water partition coefficient (Wildman–Crippen LogP) is 2.55. The summed E-state index contributed by atoms with van der Waals surface area (Å²) >= 11 is 0. The van der Waals surface area contributed by atoms with Gasteiger partial charge in [-0.2, -0.15) is 0 Å². The van der Waals surface area contributed by atoms with E-state index in [1.54, 1.807) is 0 Å². The summed E-state index contributed by atoms with van der Waals surface area (Å²) in [5.74, 6) is 1.74. The van der Waals surface area contributed by atoms with Crippen molar-refractivity contribution in [3.05, 3.63) is 40.9 Å². The molecule has 7 heteroatoms. The maximum absolute atomic E-state index is 12.1. The standard InChI is InChI=1S/C20H28N4O3/c1-13-11-24(12-14(2)26-13)19-7-5-17(9-21-19)10-22-20(25)8-6-18-15(3)23-27-16(18)4/h5,7,9,13-14H,6,8,10-12H2,1-4H3,(H,22,25). The van der Waals surface area contributed by atoms with Crippen molar-refractivity contribution >= 4 is 11.7 Å². The molecule has 2 aromatic rings. The zero-order chi connectivity index (χ0) is 19.4. The minimum absolute atomic E-state index is 0.00917. The van der Waals surface area contributed by atoms with E-state index in [0.717, 1.165) is 41.5 Å². The van der Waals surface area contributed by atoms with Gasteiger partial charge in [0, 0.05) is 37.8 Å². The van der Waals surface area contributed by atoms with Gasteiger partial charge in [-0.3, -0.25) is 4.79 Å². The Bertz CT molecular complexity index is 743. The fraction of sp³-hybridized carbons (Fsp3) is 0.550. The van der Waals surface area contributed by atoms with Crippen molar-refractivity contribution in [2.75, 3.05) is 18.0 Å². The Morgan fingerprint density at radius 3 is 2.59 bits per heavy atom. The molecule has 1 saturated heterocycles. The third-order valence-electron chi connectivity index (χ3n) is 4.83. The van der Waals surface area contributed by atoms with Gasteiger partial charge >= 0.3 is 0 Å². The number of nitrogens with zero attached hydrogens (tertiary/aromatic N) is 3. The van der Waals surface area contributed by atoms with Crippen LogP contribution in [0.5, 0.6) is 0 Å². The van der Waals surface area contributed by atoms with E-state index >= 15 is 0 Å². The Hall–Kier alpha value is -2.41. The van der Waals surface area contributed by atoms with E-state index in [9.17, 15) is 4.79 Å². The normalized spacial score (nSPS) is 19.9. The molecule has 1 N–H and O–H groups in total. The monoisotopic (exact) mass is 372 g/mol. The summed E-state index contributed by atoms with van der Waals surface area (Å²) in [6, 6.07) is 4.03. The Labute approximate surface area is 160 Å². The highest BCUT2D eigenvalue weighted by atomic mass is 16.5. The van der Waals surface area contributed by atoms with Crippen LogP contribution in [0.1, 0.15) is 42.8 Å². The first-order valence-corrected chi connectivity index (χ1v) is 9.46. The van der Waals surface area contributed by atoms with Crippen LogP contribution in [0.15, 0.2) is 22.9 Å². The van der Waals surface area contributed by atoms with Crippen LogP contribution < -0.4 is 10.2 Å². The molecule has 0 spiro atoms. The topological polar surface area (TPSA) is 80.5 Å². The number of hydrogen-bond acceptors (Lipinski definition) is 6. The van der Waals surface area contributed by atoms with Crippen LogP contribution in [0, 0.1) is 13.8 Å². The summed E-state index contributed by atoms with van der Waals surface area (Å²) in [6.45, 7) is 10.1. The molecule has 0 radical (unpaired) electrons. The Morgan fingerprint density at radius 1 is 1.26 bits per heavy atom. The minimum Gasteiger partial charge on any atom is -0.372 e. The van der Waals surface area contributed by atoms with Crippen molar-refractivity contribution in [1.29, 1.82) is 0 Å². The van der Waals surface area contributed by atoms with Crippen molar-refractivity contribution in [3.8, 4) is 0 Å². The molecule has 7 nitrogen and oxygen atoms in total. The van der Waals surface area contributed by atoms with Crippen molar-refractivity contribution < 1.29 is 14.1 Å². The molecular formula is C20H28N4O3. The Balaban J connectivity index is 1.47. The number of carbonyl (C=O) groups excluding carboxylic acids is 1. The molecule has 2 unspecified atom stereocenters. The van der Waals surface area contributed by atoms with Gasteiger partial charge < -0.3 is 19.5 Å². The van der Waals surface area contributed by atoms with Crippen molar-refractivity contribution in [2.24, 2.45) is 0 Å². The highest BCUT2D eigenvalue weighted by molar-refractivity contribution is 5.76. The van der Waals surface area contributed by atoms with E-state index in [-0.39, 0.29) is 18.1 Å². The van der Waals surface area contributed by atoms with Gasteiger partial charge in [0.15, 0.2) is 0 Å². The minimum atomic E-state index is 0.00917. The second-order valence-electron chi connectivity index (χ2n) is 7.27. The van der Waals surface area contributed by atoms with E-state index in [2.05, 4.69) is 34.2 Å². The van der Waals surface area contributed by atoms with Crippen molar-refractivity contribution in [3.63, 3.8) is 0 Å². The highest BCUT2D eigenvalue weighted by Crippen LogP contribution is 2.18. The lowest BCUT2D eigenvalue weighted by molar-refractivity contribution is -0.121. The summed E-state index contributed by atoms with van der Waals surface area (Å²) in [6.07, 6.45) is 3.28. The molecule has 0 aromatic carbocycles. The number of carbonyl (C=O) groups is 1. The molecular weight excluding hydrogens is 344 g/mol. The third kappa shape index (κ3) is 5.07. The number of morpholine rings is 1. The zero-order valence-corrected chi connectivity index (χ0v) is 16.5. The van der Waals surface area contributed by atoms with Crippen LogP contribution in [0.4, 0.5) is 5.82 Å². The van der Waals surface area contributed by atoms with Crippen molar-refractivity contribution in [1.82, 2.24) is 15.5 Å². The molecule has 1 aliphatic heterocycles. The first kappa shape index (κ1) is 19.4. The maximum atomic E-state index is 12.1. The van der Waals surface area contributed by atoms with Gasteiger partial charge in [-0.05, 0) is 45.7 Å². The van der Waals surface area contributed by atoms with Gasteiger partial charge in [0.1, 0.15) is 11.6 Å². The van der Waals surface area contributed by atoms with Gasteiger partial charge in [-0.15, -0.1) is 0 Å². The van der Waals surface area contributed by atoms with Gasteiger partial charge in [0.25, 0.3) is 0 Å². The maximum Gasteiger partial charge on any atom is 0.220 e. The summed E-state index contributed by atoms with van der Waals surface area (Å²) in [4.78, 5) is 18.9. The van der Waals surface area contributed by atoms with Gasteiger partial charge in [-0.1, -0.05) is 11.2 Å². The van der Waals surface area contributed by atoms with Gasteiger partial charge in [0.2, 0.25) is 5.91 Å². The van der Waals surface area contributed by atoms with Gasteiger partial charge in [-0.25, -0.2) is 4.98 Å². The van der Waals surface area contributed by atoms with Crippen LogP contribution in [0.2, 0.25) is 0 Å². The van der Waals surface area contributed by atoms with Crippen molar-refractivity contribution in [2.45, 2.75) is 59.3 Å². The lowest BCUT2D eigenvalue weighted by Gasteiger charge is -2.36. The molecule has 1 aliphatic rings. The molecule has 0 bridgehead atoms. The number of aryl methyl sites for hydroxylation is 2. The molecule has 146 valence electrons. The average molecular weight is 372 g/mol. The number of pyridine rings is 1. The summed E-state index contributed by atoms with van der Waals surface area (Å²) in [5, 5.41) is 6.87. The first-order chi connectivity index (χ1) is 12.9. The molecule has 0 saturated carbocycles. The first-order valence-electron chi connectivity index (χ1n) is 9.46. The van der Waals surface area contributed by atoms with Crippen LogP contribution in [0.3, 0.4) is 0 Å². The average Bonchev–Trinajstić information content (AvgIpc) is 2.96. The van der Waals surface area contributed by atoms with E-state index in [0.29, 0.717) is 19.4 Å². The highest BCUT2D eigenvalue weighted by Gasteiger charge is 2.23. The van der Waals surface area contributed by atoms with E-state index < -0.39 is 0 Å². The predicted molar refractivity (Wildman–Crippen MR) is 103 cm³/mol. The fourth-order valence-corrected chi connectivity index (χ4v) is 3.46. The zero-order valence-electron chi connectivity index (χ0n) is 16.5. The van der Waals surface area contributed by atoms with E-state index in [1.165, 1.54) is 0 Å². The molecule has 2 aromatic heterocycles. The van der Waals surface area contributed by atoms with Gasteiger partial charge in [0.05, 0.1) is 17.9 Å². The smallest absolute Gasteiger partial charge is 0.220 e. The number of rotatable bonds is 6. The largest absolute Gasteiger partial charge is 0.372 e. The second-order valence-corrected chi connectivity index (χ2v) is 7.27. The number of nitrogens with one attached hydrogen (secondary N) is 1. The lowest BCUT2D eigenvalue weighted by atomic mass is 10.1. The summed E-state index contributed by atoms with van der Waals surface area (Å²) in [5.41, 5.74) is 2.86. The summed E-state index contributed by atoms with van der Waals surface area (Å²) in [7, 11) is 0. The van der Waals surface area contributed by atoms with E-state index in [4.69, 9.17) is 9.26 Å². The van der Waals surface area contributed by atoms with Crippen LogP contribution in [-0.2, 0) is 22.5 Å². The second kappa shape index (κ2) is 8.52. The molecule has 3 rings (SSSR count). The number of ether oxygens (including phenoxy) is 1. The summed E-state index contributed by atoms with van der Waals surface area (Å²) < 4.78 is 10.9. The third-order valence-corrected chi connectivity index (χ3v) is 4.83. The number of aromatic nitrogens is 2. The molecule has 1 fully saturated rings. The number of amides is 1. The van der Waals surface area contributed by atoms with Crippen LogP contribution in [0.25, 0.3) is 0 Å².